The topological polar surface area (TPSA) is 66.1 Å². The fourth-order valence-corrected chi connectivity index (χ4v) is 3.06. The molecule has 3 rings (SSSR count). The average molecular weight is 499 g/mol. The van der Waals surface area contributed by atoms with Crippen LogP contribution in [0.5, 0.6) is 5.75 Å². The Labute approximate surface area is 182 Å². The Bertz CT molecular complexity index is 746. The molecular weight excluding hydrogens is 472 g/mol. The first-order valence-electron chi connectivity index (χ1n) is 9.08. The highest BCUT2D eigenvalue weighted by Crippen LogP contribution is 2.17. The molecule has 1 fully saturated rings. The van der Waals surface area contributed by atoms with Gasteiger partial charge in [-0.25, -0.2) is 4.39 Å². The number of methoxy groups -OCH3 is 1. The lowest BCUT2D eigenvalue weighted by atomic mass is 10.2. The fourth-order valence-electron chi connectivity index (χ4n) is 3.06. The fraction of sp³-hybridized carbons (Fsp3) is 0.350. The molecule has 0 saturated carbocycles. The summed E-state index contributed by atoms with van der Waals surface area (Å²) in [5, 5.41) is 3.08. The van der Waals surface area contributed by atoms with E-state index in [0.29, 0.717) is 12.5 Å². The highest BCUT2D eigenvalue weighted by Gasteiger charge is 2.16. The Morgan fingerprint density at radius 3 is 2.32 bits per heavy atom. The van der Waals surface area contributed by atoms with Crippen LogP contribution in [0.4, 0.5) is 15.8 Å². The zero-order chi connectivity index (χ0) is 19.1. The number of nitrogens with two attached hydrogens (primary N) is 1. The Morgan fingerprint density at radius 1 is 1.07 bits per heavy atom. The van der Waals surface area contributed by atoms with Crippen LogP contribution in [0.25, 0.3) is 0 Å². The Morgan fingerprint density at radius 2 is 1.71 bits per heavy atom. The Balaban J connectivity index is 0.00000280. The molecular formula is C20H27FIN5O. The van der Waals surface area contributed by atoms with Gasteiger partial charge in [0.25, 0.3) is 0 Å². The molecule has 28 heavy (non-hydrogen) atoms. The number of halogens is 2. The van der Waals surface area contributed by atoms with Crippen LogP contribution >= 0.6 is 24.0 Å². The molecule has 0 radical (unpaired) electrons. The molecule has 152 valence electrons. The monoisotopic (exact) mass is 499 g/mol. The van der Waals surface area contributed by atoms with Crippen LogP contribution in [0.2, 0.25) is 0 Å². The highest BCUT2D eigenvalue weighted by atomic mass is 127. The number of hydrogen-bond donors (Lipinski definition) is 2. The molecule has 1 saturated heterocycles. The van der Waals surface area contributed by atoms with Crippen molar-refractivity contribution in [1.82, 2.24) is 4.90 Å². The minimum absolute atomic E-state index is 0. The maximum atomic E-state index is 13.0. The summed E-state index contributed by atoms with van der Waals surface area (Å²) in [4.78, 5) is 9.04. The largest absolute Gasteiger partial charge is 0.497 e. The second-order valence-corrected chi connectivity index (χ2v) is 6.43. The van der Waals surface area contributed by atoms with Crippen molar-refractivity contribution in [3.63, 3.8) is 0 Å². The van der Waals surface area contributed by atoms with E-state index in [9.17, 15) is 4.39 Å². The van der Waals surface area contributed by atoms with Gasteiger partial charge in [-0.05, 0) is 48.5 Å². The van der Waals surface area contributed by atoms with Crippen molar-refractivity contribution in [2.75, 3.05) is 56.6 Å². The molecule has 1 aliphatic heterocycles. The van der Waals surface area contributed by atoms with Crippen LogP contribution in [0.15, 0.2) is 53.5 Å². The Kier molecular flexibility index (Phi) is 8.78. The molecule has 6 nitrogen and oxygen atoms in total. The van der Waals surface area contributed by atoms with E-state index in [-0.39, 0.29) is 29.8 Å². The smallest absolute Gasteiger partial charge is 0.193 e. The van der Waals surface area contributed by atoms with Gasteiger partial charge in [0, 0.05) is 44.1 Å². The molecule has 1 heterocycles. The van der Waals surface area contributed by atoms with Crippen LogP contribution < -0.4 is 20.7 Å². The third-order valence-electron chi connectivity index (χ3n) is 4.62. The molecule has 0 unspecified atom stereocenters. The van der Waals surface area contributed by atoms with E-state index in [1.807, 2.05) is 36.4 Å². The van der Waals surface area contributed by atoms with Gasteiger partial charge in [0.15, 0.2) is 5.96 Å². The zero-order valence-corrected chi connectivity index (χ0v) is 18.3. The summed E-state index contributed by atoms with van der Waals surface area (Å²) in [6.07, 6.45) is 0. The summed E-state index contributed by atoms with van der Waals surface area (Å²) in [5.74, 6) is 1.01. The minimum atomic E-state index is -0.198. The summed E-state index contributed by atoms with van der Waals surface area (Å²) < 4.78 is 18.2. The van der Waals surface area contributed by atoms with E-state index in [1.165, 1.54) is 12.1 Å². The van der Waals surface area contributed by atoms with Gasteiger partial charge in [-0.15, -0.1) is 24.0 Å². The predicted octanol–water partition coefficient (Wildman–Crippen LogP) is 3.00. The molecule has 8 heteroatoms. The number of hydrogen-bond acceptors (Lipinski definition) is 4. The molecule has 0 aliphatic carbocycles. The van der Waals surface area contributed by atoms with Gasteiger partial charge in [-0.2, -0.15) is 0 Å². The normalized spacial score (nSPS) is 15.1. The zero-order valence-electron chi connectivity index (χ0n) is 16.0. The molecule has 2 aromatic carbocycles. The predicted molar refractivity (Wildman–Crippen MR) is 124 cm³/mol. The maximum absolute atomic E-state index is 13.0. The molecule has 3 N–H and O–H groups in total. The number of anilines is 2. The van der Waals surface area contributed by atoms with Crippen molar-refractivity contribution < 1.29 is 9.13 Å². The van der Waals surface area contributed by atoms with Gasteiger partial charge in [0.2, 0.25) is 0 Å². The molecule has 0 bridgehead atoms. The summed E-state index contributed by atoms with van der Waals surface area (Å²) in [6, 6.07) is 14.2. The first-order valence-corrected chi connectivity index (χ1v) is 9.08. The van der Waals surface area contributed by atoms with E-state index in [4.69, 9.17) is 10.5 Å². The van der Waals surface area contributed by atoms with Gasteiger partial charge in [0.1, 0.15) is 11.6 Å². The first kappa shape index (κ1) is 22.2. The molecule has 0 atom stereocenters. The number of nitrogens with zero attached hydrogens (tertiary/aromatic N) is 3. The van der Waals surface area contributed by atoms with E-state index in [1.54, 1.807) is 7.11 Å². The van der Waals surface area contributed by atoms with Crippen molar-refractivity contribution in [2.45, 2.75) is 0 Å². The summed E-state index contributed by atoms with van der Waals surface area (Å²) in [7, 11) is 1.64. The third kappa shape index (κ3) is 6.52. The van der Waals surface area contributed by atoms with Gasteiger partial charge >= 0.3 is 0 Å². The lowest BCUT2D eigenvalue weighted by Crippen LogP contribution is -2.47. The molecule has 0 spiro atoms. The van der Waals surface area contributed by atoms with Gasteiger partial charge < -0.3 is 20.7 Å². The van der Waals surface area contributed by atoms with Crippen LogP contribution in [-0.4, -0.2) is 57.2 Å². The van der Waals surface area contributed by atoms with Crippen LogP contribution in [0.3, 0.4) is 0 Å². The molecule has 2 aromatic rings. The summed E-state index contributed by atoms with van der Waals surface area (Å²) in [6.45, 7) is 5.27. The third-order valence-corrected chi connectivity index (χ3v) is 4.62. The van der Waals surface area contributed by atoms with Gasteiger partial charge in [-0.3, -0.25) is 9.89 Å². The van der Waals surface area contributed by atoms with Crippen LogP contribution in [0, 0.1) is 5.82 Å². The van der Waals surface area contributed by atoms with E-state index in [0.717, 1.165) is 49.8 Å². The van der Waals surface area contributed by atoms with E-state index >= 15 is 0 Å². The van der Waals surface area contributed by atoms with E-state index < -0.39 is 0 Å². The molecule has 1 aliphatic rings. The van der Waals surface area contributed by atoms with Crippen LogP contribution in [0.1, 0.15) is 0 Å². The van der Waals surface area contributed by atoms with Gasteiger partial charge in [0.05, 0.1) is 13.7 Å². The standard InChI is InChI=1S/C20H26FN5O.HI/c1-27-19-8-4-17(5-9-19)24-20(22)23-10-11-25-12-14-26(15-13-25)18-6-2-16(21)3-7-18;/h2-9H,10-15H2,1H3,(H3,22,23,24);1H. The van der Waals surface area contributed by atoms with Crippen LogP contribution in [-0.2, 0) is 0 Å². The first-order chi connectivity index (χ1) is 13.1. The summed E-state index contributed by atoms with van der Waals surface area (Å²) >= 11 is 0. The molecule has 0 amide bonds. The van der Waals surface area contributed by atoms with Crippen molar-refractivity contribution in [3.05, 3.63) is 54.3 Å². The SMILES string of the molecule is COc1ccc(NC(N)=NCCN2CCN(c3ccc(F)cc3)CC2)cc1.I. The highest BCUT2D eigenvalue weighted by molar-refractivity contribution is 14.0. The maximum Gasteiger partial charge on any atom is 0.193 e. The number of rotatable bonds is 6. The number of ether oxygens (including phenoxy) is 1. The molecule has 0 aromatic heterocycles. The Hall–Kier alpha value is -2.07. The minimum Gasteiger partial charge on any atom is -0.497 e. The lowest BCUT2D eigenvalue weighted by molar-refractivity contribution is 0.265. The number of guanidine groups is 1. The number of aliphatic imine (C=N–C) groups is 1. The second kappa shape index (κ2) is 11.1. The van der Waals surface area contributed by atoms with E-state index in [2.05, 4.69) is 20.1 Å². The number of benzene rings is 2. The number of piperazine rings is 1. The van der Waals surface area contributed by atoms with Crippen molar-refractivity contribution in [1.29, 1.82) is 0 Å². The lowest BCUT2D eigenvalue weighted by Gasteiger charge is -2.35. The second-order valence-electron chi connectivity index (χ2n) is 6.43. The number of nitrogens with one attached hydrogen (secondary N) is 1. The van der Waals surface area contributed by atoms with Gasteiger partial charge in [-0.1, -0.05) is 0 Å². The van der Waals surface area contributed by atoms with Crippen molar-refractivity contribution in [3.8, 4) is 5.75 Å². The van der Waals surface area contributed by atoms with Crippen molar-refractivity contribution in [2.24, 2.45) is 10.7 Å². The average Bonchev–Trinajstić information content (AvgIpc) is 2.70. The quantitative estimate of drug-likeness (QED) is 0.364. The van der Waals surface area contributed by atoms with Crippen molar-refractivity contribution >= 4 is 41.3 Å². The summed E-state index contributed by atoms with van der Waals surface area (Å²) in [5.41, 5.74) is 7.90.